The van der Waals surface area contributed by atoms with Crippen LogP contribution in [0, 0.1) is 0 Å². The fraction of sp³-hybridized carbons (Fsp3) is 0.286. The zero-order valence-electron chi connectivity index (χ0n) is 15.3. The molecule has 2 N–H and O–H groups in total. The van der Waals surface area contributed by atoms with Gasteiger partial charge in [-0.25, -0.2) is 0 Å². The maximum absolute atomic E-state index is 12.3. The lowest BCUT2D eigenvalue weighted by Gasteiger charge is -2.22. The molecule has 0 aromatic heterocycles. The molecule has 2 rings (SSSR count). The van der Waals surface area contributed by atoms with Crippen LogP contribution < -0.4 is 5.32 Å². The van der Waals surface area contributed by atoms with E-state index in [-0.39, 0.29) is 31.2 Å². The maximum atomic E-state index is 12.3. The van der Waals surface area contributed by atoms with Gasteiger partial charge in [0.2, 0.25) is 11.8 Å². The molecule has 0 saturated heterocycles. The largest absolute Gasteiger partial charge is 0.481 e. The van der Waals surface area contributed by atoms with Crippen molar-refractivity contribution in [1.29, 1.82) is 0 Å². The van der Waals surface area contributed by atoms with E-state index in [9.17, 15) is 14.4 Å². The first kappa shape index (κ1) is 20.2. The van der Waals surface area contributed by atoms with E-state index in [4.69, 9.17) is 5.11 Å². The Morgan fingerprint density at radius 2 is 1.59 bits per heavy atom. The second-order valence-electron chi connectivity index (χ2n) is 6.30. The molecule has 6 nitrogen and oxygen atoms in total. The Labute approximate surface area is 158 Å². The van der Waals surface area contributed by atoms with Gasteiger partial charge in [-0.3, -0.25) is 14.4 Å². The van der Waals surface area contributed by atoms with Gasteiger partial charge in [0, 0.05) is 26.4 Å². The molecule has 0 spiro atoms. The number of rotatable bonds is 9. The fourth-order valence-corrected chi connectivity index (χ4v) is 2.77. The van der Waals surface area contributed by atoms with Crippen LogP contribution in [0.5, 0.6) is 0 Å². The molecule has 2 aromatic rings. The average Bonchev–Trinajstić information content (AvgIpc) is 2.65. The first-order chi connectivity index (χ1) is 13.0. The number of carbonyl (C=O) groups excluding carboxylic acids is 2. The van der Waals surface area contributed by atoms with Crippen LogP contribution >= 0.6 is 0 Å². The monoisotopic (exact) mass is 368 g/mol. The summed E-state index contributed by atoms with van der Waals surface area (Å²) in [6, 6.07) is 17.9. The minimum Gasteiger partial charge on any atom is -0.481 e. The standard InChI is InChI=1S/C21H24N2O4/c1-16(24)23(15-17-8-4-2-5-9-17)13-12-20(25)22-19(14-21(26)27)18-10-6-3-7-11-18/h2-11,19H,12-15H2,1H3,(H,22,25)(H,26,27). The van der Waals surface area contributed by atoms with E-state index in [2.05, 4.69) is 5.32 Å². The second-order valence-corrected chi connectivity index (χ2v) is 6.30. The Morgan fingerprint density at radius 3 is 2.15 bits per heavy atom. The minimum absolute atomic E-state index is 0.107. The van der Waals surface area contributed by atoms with Crippen molar-refractivity contribution in [2.45, 2.75) is 32.4 Å². The van der Waals surface area contributed by atoms with E-state index in [1.165, 1.54) is 6.92 Å². The van der Waals surface area contributed by atoms with Crippen LogP contribution in [0.15, 0.2) is 60.7 Å². The Balaban J connectivity index is 1.95. The number of hydrogen-bond donors (Lipinski definition) is 2. The Bertz CT molecular complexity index is 762. The summed E-state index contributed by atoms with van der Waals surface area (Å²) >= 11 is 0. The van der Waals surface area contributed by atoms with E-state index in [1.807, 2.05) is 36.4 Å². The molecule has 0 aliphatic rings. The van der Waals surface area contributed by atoms with E-state index in [0.717, 1.165) is 11.1 Å². The molecule has 0 saturated carbocycles. The molecule has 2 aromatic carbocycles. The van der Waals surface area contributed by atoms with Crippen LogP contribution in [0.1, 0.15) is 36.9 Å². The van der Waals surface area contributed by atoms with E-state index < -0.39 is 12.0 Å². The summed E-state index contributed by atoms with van der Waals surface area (Å²) in [7, 11) is 0. The summed E-state index contributed by atoms with van der Waals surface area (Å²) in [5.74, 6) is -1.39. The number of carboxylic acid groups (broad SMARTS) is 1. The van der Waals surface area contributed by atoms with Crippen LogP contribution in [0.3, 0.4) is 0 Å². The van der Waals surface area contributed by atoms with Crippen molar-refractivity contribution in [3.63, 3.8) is 0 Å². The van der Waals surface area contributed by atoms with Crippen LogP contribution in [0.25, 0.3) is 0 Å². The zero-order chi connectivity index (χ0) is 19.6. The lowest BCUT2D eigenvalue weighted by atomic mass is 10.0. The summed E-state index contributed by atoms with van der Waals surface area (Å²) in [4.78, 5) is 36.9. The summed E-state index contributed by atoms with van der Waals surface area (Å²) < 4.78 is 0. The first-order valence-corrected chi connectivity index (χ1v) is 8.81. The molecule has 142 valence electrons. The molecule has 0 aliphatic heterocycles. The van der Waals surface area contributed by atoms with Gasteiger partial charge in [0.1, 0.15) is 0 Å². The number of carbonyl (C=O) groups is 3. The average molecular weight is 368 g/mol. The highest BCUT2D eigenvalue weighted by molar-refractivity contribution is 5.79. The van der Waals surface area contributed by atoms with Gasteiger partial charge in [-0.15, -0.1) is 0 Å². The van der Waals surface area contributed by atoms with Gasteiger partial charge in [0.05, 0.1) is 12.5 Å². The fourth-order valence-electron chi connectivity index (χ4n) is 2.77. The third-order valence-electron chi connectivity index (χ3n) is 4.19. The molecule has 0 bridgehead atoms. The number of nitrogens with one attached hydrogen (secondary N) is 1. The third-order valence-corrected chi connectivity index (χ3v) is 4.19. The van der Waals surface area contributed by atoms with Crippen molar-refractivity contribution in [1.82, 2.24) is 10.2 Å². The third kappa shape index (κ3) is 6.93. The van der Waals surface area contributed by atoms with Crippen LogP contribution in [0.4, 0.5) is 0 Å². The predicted molar refractivity (Wildman–Crippen MR) is 102 cm³/mol. The second kappa shape index (κ2) is 10.1. The molecular weight excluding hydrogens is 344 g/mol. The van der Waals surface area contributed by atoms with Gasteiger partial charge >= 0.3 is 5.97 Å². The molecule has 1 unspecified atom stereocenters. The van der Waals surface area contributed by atoms with Gasteiger partial charge in [-0.05, 0) is 11.1 Å². The van der Waals surface area contributed by atoms with Gasteiger partial charge in [0.25, 0.3) is 0 Å². The van der Waals surface area contributed by atoms with Gasteiger partial charge in [-0.1, -0.05) is 60.7 Å². The van der Waals surface area contributed by atoms with Crippen LogP contribution in [-0.2, 0) is 20.9 Å². The quantitative estimate of drug-likeness (QED) is 0.712. The van der Waals surface area contributed by atoms with Crippen LogP contribution in [-0.4, -0.2) is 34.3 Å². The van der Waals surface area contributed by atoms with Crippen molar-refractivity contribution in [3.05, 3.63) is 71.8 Å². The first-order valence-electron chi connectivity index (χ1n) is 8.81. The molecule has 2 amide bonds. The van der Waals surface area contributed by atoms with E-state index in [0.29, 0.717) is 6.54 Å². The SMILES string of the molecule is CC(=O)N(CCC(=O)NC(CC(=O)O)c1ccccc1)Cc1ccccc1. The summed E-state index contributed by atoms with van der Waals surface area (Å²) in [6.07, 6.45) is -0.0917. The van der Waals surface area contributed by atoms with Gasteiger partial charge in [-0.2, -0.15) is 0 Å². The van der Waals surface area contributed by atoms with Gasteiger partial charge < -0.3 is 15.3 Å². The molecule has 1 atom stereocenters. The van der Waals surface area contributed by atoms with Crippen molar-refractivity contribution in [2.75, 3.05) is 6.54 Å². The number of nitrogens with zero attached hydrogens (tertiary/aromatic N) is 1. The van der Waals surface area contributed by atoms with Crippen molar-refractivity contribution in [3.8, 4) is 0 Å². The van der Waals surface area contributed by atoms with E-state index >= 15 is 0 Å². The molecule has 0 radical (unpaired) electrons. The highest BCUT2D eigenvalue weighted by Crippen LogP contribution is 2.16. The Morgan fingerprint density at radius 1 is 1.00 bits per heavy atom. The normalized spacial score (nSPS) is 11.4. The smallest absolute Gasteiger partial charge is 0.305 e. The highest BCUT2D eigenvalue weighted by atomic mass is 16.4. The Hall–Kier alpha value is -3.15. The topological polar surface area (TPSA) is 86.7 Å². The molecular formula is C21H24N2O4. The molecule has 27 heavy (non-hydrogen) atoms. The lowest BCUT2D eigenvalue weighted by Crippen LogP contribution is -2.35. The summed E-state index contributed by atoms with van der Waals surface area (Å²) in [5, 5.41) is 11.9. The number of amides is 2. The van der Waals surface area contributed by atoms with E-state index in [1.54, 1.807) is 29.2 Å². The zero-order valence-corrected chi connectivity index (χ0v) is 15.3. The number of hydrogen-bond acceptors (Lipinski definition) is 3. The summed E-state index contributed by atoms with van der Waals surface area (Å²) in [6.45, 7) is 2.17. The van der Waals surface area contributed by atoms with Crippen molar-refractivity contribution < 1.29 is 19.5 Å². The Kier molecular flexibility index (Phi) is 7.55. The van der Waals surface area contributed by atoms with Crippen molar-refractivity contribution in [2.24, 2.45) is 0 Å². The maximum Gasteiger partial charge on any atom is 0.305 e. The molecule has 6 heteroatoms. The number of benzene rings is 2. The number of carboxylic acids is 1. The summed E-state index contributed by atoms with van der Waals surface area (Å²) in [5.41, 5.74) is 1.72. The minimum atomic E-state index is -0.987. The number of aliphatic carboxylic acids is 1. The van der Waals surface area contributed by atoms with Crippen molar-refractivity contribution >= 4 is 17.8 Å². The van der Waals surface area contributed by atoms with Crippen LogP contribution in [0.2, 0.25) is 0 Å². The highest BCUT2D eigenvalue weighted by Gasteiger charge is 2.19. The molecule has 0 aliphatic carbocycles. The van der Waals surface area contributed by atoms with Gasteiger partial charge in [0.15, 0.2) is 0 Å². The molecule has 0 heterocycles. The molecule has 0 fully saturated rings. The lowest BCUT2D eigenvalue weighted by molar-refractivity contribution is -0.137. The predicted octanol–water partition coefficient (Wildman–Crippen LogP) is 2.76.